The van der Waals surface area contributed by atoms with Gasteiger partial charge in [0.15, 0.2) is 0 Å². The van der Waals surface area contributed by atoms with Crippen molar-refractivity contribution in [3.63, 3.8) is 0 Å². The van der Waals surface area contributed by atoms with Crippen molar-refractivity contribution < 1.29 is 14.7 Å². The molecule has 104 valence electrons. The van der Waals surface area contributed by atoms with Crippen LogP contribution in [0.3, 0.4) is 0 Å². The van der Waals surface area contributed by atoms with Crippen molar-refractivity contribution in [1.29, 1.82) is 0 Å². The van der Waals surface area contributed by atoms with Crippen LogP contribution >= 0.6 is 0 Å². The molecule has 0 aromatic rings. The van der Waals surface area contributed by atoms with Crippen LogP contribution in [0.2, 0.25) is 0 Å². The number of aliphatic carboxylic acids is 1. The highest BCUT2D eigenvalue weighted by atomic mass is 16.4. The molecule has 1 fully saturated rings. The van der Waals surface area contributed by atoms with E-state index in [1.54, 1.807) is 0 Å². The highest BCUT2D eigenvalue weighted by molar-refractivity contribution is 5.73. The second kappa shape index (κ2) is 6.73. The fourth-order valence-corrected chi connectivity index (χ4v) is 2.78. The molecule has 0 spiro atoms. The number of hydrogen-bond acceptors (Lipinski definition) is 3. The Morgan fingerprint density at radius 1 is 1.33 bits per heavy atom. The topological polar surface area (TPSA) is 69.6 Å². The summed E-state index contributed by atoms with van der Waals surface area (Å²) in [7, 11) is 0. The van der Waals surface area contributed by atoms with Crippen molar-refractivity contribution in [2.24, 2.45) is 0 Å². The van der Waals surface area contributed by atoms with Gasteiger partial charge in [0.1, 0.15) is 0 Å². The van der Waals surface area contributed by atoms with Crippen molar-refractivity contribution in [2.75, 3.05) is 6.54 Å². The van der Waals surface area contributed by atoms with E-state index >= 15 is 0 Å². The molecule has 5 heteroatoms. The standard InChI is InChI=1S/C13H24N2O3/c1-9(2)15(8-13(17)18)12-7-5-4-6-11(12)14-10(3)16/h9,11-12H,4-8H2,1-3H3,(H,14,16)(H,17,18)/t11-,12-/m1/s1. The van der Waals surface area contributed by atoms with Gasteiger partial charge in [-0.05, 0) is 26.7 Å². The number of hydrogen-bond donors (Lipinski definition) is 2. The third kappa shape index (κ3) is 4.29. The zero-order chi connectivity index (χ0) is 13.7. The first kappa shape index (κ1) is 15.0. The fourth-order valence-electron chi connectivity index (χ4n) is 2.78. The van der Waals surface area contributed by atoms with E-state index in [1.165, 1.54) is 6.92 Å². The summed E-state index contributed by atoms with van der Waals surface area (Å²) in [4.78, 5) is 24.2. The lowest BCUT2D eigenvalue weighted by Crippen LogP contribution is -2.56. The molecule has 1 aliphatic rings. The molecule has 2 N–H and O–H groups in total. The van der Waals surface area contributed by atoms with E-state index < -0.39 is 5.97 Å². The van der Waals surface area contributed by atoms with Crippen molar-refractivity contribution >= 4 is 11.9 Å². The first-order valence-electron chi connectivity index (χ1n) is 6.66. The maximum atomic E-state index is 11.2. The van der Waals surface area contributed by atoms with E-state index in [1.807, 2.05) is 18.7 Å². The molecule has 0 unspecified atom stereocenters. The van der Waals surface area contributed by atoms with E-state index in [9.17, 15) is 9.59 Å². The molecule has 0 aliphatic heterocycles. The Kier molecular flexibility index (Phi) is 5.59. The molecule has 0 bridgehead atoms. The van der Waals surface area contributed by atoms with Gasteiger partial charge in [-0.2, -0.15) is 0 Å². The van der Waals surface area contributed by atoms with E-state index in [0.717, 1.165) is 25.7 Å². The minimum absolute atomic E-state index is 0.0362. The predicted molar refractivity (Wildman–Crippen MR) is 69.3 cm³/mol. The lowest BCUT2D eigenvalue weighted by atomic mass is 9.88. The lowest BCUT2D eigenvalue weighted by Gasteiger charge is -2.41. The number of carbonyl (C=O) groups is 2. The number of nitrogens with one attached hydrogen (secondary N) is 1. The van der Waals surface area contributed by atoms with Crippen LogP contribution in [-0.2, 0) is 9.59 Å². The Morgan fingerprint density at radius 2 is 1.94 bits per heavy atom. The Hall–Kier alpha value is -1.10. The van der Waals surface area contributed by atoms with Gasteiger partial charge in [0.25, 0.3) is 0 Å². The normalized spacial score (nSPS) is 24.3. The van der Waals surface area contributed by atoms with Gasteiger partial charge in [0.2, 0.25) is 5.91 Å². The van der Waals surface area contributed by atoms with E-state index in [0.29, 0.717) is 0 Å². The summed E-state index contributed by atoms with van der Waals surface area (Å²) in [6.45, 7) is 5.56. The second-order valence-electron chi connectivity index (χ2n) is 5.32. The fraction of sp³-hybridized carbons (Fsp3) is 0.846. The maximum absolute atomic E-state index is 11.2. The molecule has 0 aromatic carbocycles. The largest absolute Gasteiger partial charge is 0.480 e. The predicted octanol–water partition coefficient (Wildman–Crippen LogP) is 1.23. The average Bonchev–Trinajstić information content (AvgIpc) is 2.25. The third-order valence-electron chi connectivity index (χ3n) is 3.53. The molecule has 0 saturated heterocycles. The SMILES string of the molecule is CC(=O)N[C@@H]1CCCC[C@H]1N(CC(=O)O)C(C)C. The zero-order valence-electron chi connectivity index (χ0n) is 11.5. The monoisotopic (exact) mass is 256 g/mol. The third-order valence-corrected chi connectivity index (χ3v) is 3.53. The molecule has 1 aliphatic carbocycles. The summed E-state index contributed by atoms with van der Waals surface area (Å²) in [6.07, 6.45) is 4.09. The van der Waals surface area contributed by atoms with Gasteiger partial charge in [-0.3, -0.25) is 14.5 Å². The molecular weight excluding hydrogens is 232 g/mol. The molecule has 2 atom stereocenters. The molecule has 18 heavy (non-hydrogen) atoms. The van der Waals surface area contributed by atoms with Crippen LogP contribution in [0.4, 0.5) is 0 Å². The van der Waals surface area contributed by atoms with Gasteiger partial charge < -0.3 is 10.4 Å². The number of amides is 1. The Labute approximate surface area is 109 Å². The minimum Gasteiger partial charge on any atom is -0.480 e. The van der Waals surface area contributed by atoms with Crippen molar-refractivity contribution in [3.05, 3.63) is 0 Å². The number of carboxylic acids is 1. The molecule has 1 rings (SSSR count). The summed E-state index contributed by atoms with van der Waals surface area (Å²) in [6, 6.07) is 0.386. The van der Waals surface area contributed by atoms with Crippen molar-refractivity contribution in [1.82, 2.24) is 10.2 Å². The smallest absolute Gasteiger partial charge is 0.317 e. The zero-order valence-corrected chi connectivity index (χ0v) is 11.5. The average molecular weight is 256 g/mol. The van der Waals surface area contributed by atoms with Crippen LogP contribution in [0.1, 0.15) is 46.5 Å². The second-order valence-corrected chi connectivity index (χ2v) is 5.32. The van der Waals surface area contributed by atoms with Crippen LogP contribution in [0.15, 0.2) is 0 Å². The lowest BCUT2D eigenvalue weighted by molar-refractivity contribution is -0.140. The van der Waals surface area contributed by atoms with Crippen LogP contribution < -0.4 is 5.32 Å². The number of carbonyl (C=O) groups excluding carboxylic acids is 1. The first-order valence-corrected chi connectivity index (χ1v) is 6.66. The highest BCUT2D eigenvalue weighted by Crippen LogP contribution is 2.24. The van der Waals surface area contributed by atoms with Gasteiger partial charge in [-0.25, -0.2) is 0 Å². The summed E-state index contributed by atoms with van der Waals surface area (Å²) < 4.78 is 0. The first-order chi connectivity index (χ1) is 8.41. The van der Waals surface area contributed by atoms with Gasteiger partial charge in [-0.15, -0.1) is 0 Å². The quantitative estimate of drug-likeness (QED) is 0.776. The molecule has 0 radical (unpaired) electrons. The van der Waals surface area contributed by atoms with Crippen LogP contribution in [0.25, 0.3) is 0 Å². The van der Waals surface area contributed by atoms with Crippen LogP contribution in [0.5, 0.6) is 0 Å². The Balaban J connectivity index is 2.77. The molecule has 1 amide bonds. The van der Waals surface area contributed by atoms with E-state index in [-0.39, 0.29) is 30.6 Å². The molecule has 5 nitrogen and oxygen atoms in total. The van der Waals surface area contributed by atoms with Gasteiger partial charge >= 0.3 is 5.97 Å². The number of nitrogens with zero attached hydrogens (tertiary/aromatic N) is 1. The van der Waals surface area contributed by atoms with Crippen molar-refractivity contribution in [2.45, 2.75) is 64.6 Å². The van der Waals surface area contributed by atoms with Gasteiger partial charge in [0, 0.05) is 25.0 Å². The van der Waals surface area contributed by atoms with Gasteiger partial charge in [0.05, 0.1) is 6.54 Å². The Morgan fingerprint density at radius 3 is 2.44 bits per heavy atom. The molecule has 1 saturated carbocycles. The molecule has 0 aromatic heterocycles. The number of carboxylic acid groups (broad SMARTS) is 1. The van der Waals surface area contributed by atoms with Crippen LogP contribution in [0, 0.1) is 0 Å². The van der Waals surface area contributed by atoms with E-state index in [4.69, 9.17) is 5.11 Å². The molecular formula is C13H24N2O3. The van der Waals surface area contributed by atoms with E-state index in [2.05, 4.69) is 5.32 Å². The Bertz CT molecular complexity index is 305. The summed E-state index contributed by atoms with van der Waals surface area (Å²) >= 11 is 0. The highest BCUT2D eigenvalue weighted by Gasteiger charge is 2.32. The van der Waals surface area contributed by atoms with Crippen LogP contribution in [-0.4, -0.2) is 46.6 Å². The number of rotatable bonds is 5. The summed E-state index contributed by atoms with van der Waals surface area (Å²) in [5, 5.41) is 12.0. The summed E-state index contributed by atoms with van der Waals surface area (Å²) in [5.41, 5.74) is 0. The summed E-state index contributed by atoms with van der Waals surface area (Å²) in [5.74, 6) is -0.846. The molecule has 0 heterocycles. The maximum Gasteiger partial charge on any atom is 0.317 e. The van der Waals surface area contributed by atoms with Gasteiger partial charge in [-0.1, -0.05) is 12.8 Å². The van der Waals surface area contributed by atoms with Crippen molar-refractivity contribution in [3.8, 4) is 0 Å². The minimum atomic E-state index is -0.809.